The molecule has 7 heteroatoms. The number of amides is 1. The highest BCUT2D eigenvalue weighted by molar-refractivity contribution is 7.99. The molecule has 4 rings (SSSR count). The van der Waals surface area contributed by atoms with Gasteiger partial charge in [-0.2, -0.15) is 0 Å². The number of carbonyl (C=O) groups is 1. The average molecular weight is 465 g/mol. The summed E-state index contributed by atoms with van der Waals surface area (Å²) in [5.74, 6) is 2.26. The van der Waals surface area contributed by atoms with Crippen LogP contribution in [0.3, 0.4) is 0 Å². The first-order chi connectivity index (χ1) is 16.1. The van der Waals surface area contributed by atoms with Gasteiger partial charge in [-0.1, -0.05) is 63.1 Å². The Morgan fingerprint density at radius 3 is 2.52 bits per heavy atom. The smallest absolute Gasteiger partial charge is 0.230 e. The summed E-state index contributed by atoms with van der Waals surface area (Å²) < 4.78 is 7.39. The second kappa shape index (κ2) is 10.9. The number of hydrogen-bond donors (Lipinski definition) is 1. The minimum atomic E-state index is 0.0598. The van der Waals surface area contributed by atoms with Crippen molar-refractivity contribution in [2.45, 2.75) is 63.1 Å². The molecule has 1 amide bonds. The molecule has 0 saturated heterocycles. The average Bonchev–Trinajstić information content (AvgIpc) is 3.27. The maximum atomic E-state index is 12.7. The van der Waals surface area contributed by atoms with Crippen molar-refractivity contribution < 1.29 is 9.53 Å². The molecule has 1 aromatic heterocycles. The molecule has 0 atom stereocenters. The summed E-state index contributed by atoms with van der Waals surface area (Å²) in [6.07, 6.45) is 5.83. The van der Waals surface area contributed by atoms with Crippen LogP contribution in [0.5, 0.6) is 5.75 Å². The minimum Gasteiger partial charge on any atom is -0.497 e. The molecule has 1 saturated carbocycles. The molecule has 1 heterocycles. The lowest BCUT2D eigenvalue weighted by Crippen LogP contribution is -2.37. The fourth-order valence-corrected chi connectivity index (χ4v) is 5.09. The van der Waals surface area contributed by atoms with E-state index in [4.69, 9.17) is 4.74 Å². The molecule has 174 valence electrons. The summed E-state index contributed by atoms with van der Waals surface area (Å²) in [6, 6.07) is 16.5. The van der Waals surface area contributed by atoms with Gasteiger partial charge in [0.25, 0.3) is 0 Å². The SMILES string of the molecule is COc1ccc(-c2nnc(SCC(=O)NC3CCCCC3)n2-c2ccccc2C(C)C)cc1. The van der Waals surface area contributed by atoms with Crippen LogP contribution in [0.1, 0.15) is 57.4 Å². The van der Waals surface area contributed by atoms with E-state index in [-0.39, 0.29) is 5.91 Å². The van der Waals surface area contributed by atoms with E-state index in [0.29, 0.717) is 22.9 Å². The molecule has 0 bridgehead atoms. The molecule has 6 nitrogen and oxygen atoms in total. The van der Waals surface area contributed by atoms with Crippen LogP contribution in [0.15, 0.2) is 53.7 Å². The van der Waals surface area contributed by atoms with Gasteiger partial charge in [-0.25, -0.2) is 0 Å². The Bertz CT molecular complexity index is 1070. The van der Waals surface area contributed by atoms with Gasteiger partial charge < -0.3 is 10.1 Å². The number of nitrogens with one attached hydrogen (secondary N) is 1. The van der Waals surface area contributed by atoms with E-state index >= 15 is 0 Å². The number of rotatable bonds is 8. The molecule has 3 aromatic rings. The normalized spacial score (nSPS) is 14.4. The van der Waals surface area contributed by atoms with E-state index in [1.165, 1.54) is 36.6 Å². The highest BCUT2D eigenvalue weighted by Gasteiger charge is 2.21. The van der Waals surface area contributed by atoms with Gasteiger partial charge in [0, 0.05) is 11.6 Å². The van der Waals surface area contributed by atoms with Gasteiger partial charge in [-0.15, -0.1) is 10.2 Å². The highest BCUT2D eigenvalue weighted by atomic mass is 32.2. The number of hydrogen-bond acceptors (Lipinski definition) is 5. The zero-order valence-electron chi connectivity index (χ0n) is 19.6. The van der Waals surface area contributed by atoms with E-state index in [1.807, 2.05) is 30.3 Å². The maximum Gasteiger partial charge on any atom is 0.230 e. The van der Waals surface area contributed by atoms with Gasteiger partial charge in [0.2, 0.25) is 5.91 Å². The molecule has 1 aliphatic rings. The molecule has 1 N–H and O–H groups in total. The Labute approximate surface area is 200 Å². The van der Waals surface area contributed by atoms with Crippen molar-refractivity contribution in [3.05, 3.63) is 54.1 Å². The number of thioether (sulfide) groups is 1. The summed E-state index contributed by atoms with van der Waals surface area (Å²) in [5.41, 5.74) is 3.19. The predicted molar refractivity (Wildman–Crippen MR) is 133 cm³/mol. The van der Waals surface area contributed by atoms with Crippen molar-refractivity contribution in [2.75, 3.05) is 12.9 Å². The van der Waals surface area contributed by atoms with Crippen LogP contribution in [-0.4, -0.2) is 39.6 Å². The molecule has 33 heavy (non-hydrogen) atoms. The zero-order valence-corrected chi connectivity index (χ0v) is 20.4. The molecule has 0 radical (unpaired) electrons. The largest absolute Gasteiger partial charge is 0.497 e. The number of nitrogens with zero attached hydrogens (tertiary/aromatic N) is 3. The molecule has 2 aromatic carbocycles. The first kappa shape index (κ1) is 23.4. The lowest BCUT2D eigenvalue weighted by Gasteiger charge is -2.22. The second-order valence-electron chi connectivity index (χ2n) is 8.77. The fraction of sp³-hybridized carbons (Fsp3) is 0.423. The molecular weight excluding hydrogens is 432 g/mol. The summed E-state index contributed by atoms with van der Waals surface area (Å²) in [5, 5.41) is 12.9. The third-order valence-corrected chi connectivity index (χ3v) is 7.01. The van der Waals surface area contributed by atoms with Crippen molar-refractivity contribution in [3.63, 3.8) is 0 Å². The van der Waals surface area contributed by atoms with E-state index < -0.39 is 0 Å². The van der Waals surface area contributed by atoms with Crippen LogP contribution in [0, 0.1) is 0 Å². The molecule has 0 aliphatic heterocycles. The summed E-state index contributed by atoms with van der Waals surface area (Å²) in [4.78, 5) is 12.7. The van der Waals surface area contributed by atoms with Crippen LogP contribution in [0.4, 0.5) is 0 Å². The van der Waals surface area contributed by atoms with Gasteiger partial charge in [-0.3, -0.25) is 9.36 Å². The van der Waals surface area contributed by atoms with E-state index in [9.17, 15) is 4.79 Å². The summed E-state index contributed by atoms with van der Waals surface area (Å²) >= 11 is 1.43. The molecule has 1 aliphatic carbocycles. The number of ether oxygens (including phenoxy) is 1. The van der Waals surface area contributed by atoms with E-state index in [2.05, 4.69) is 52.1 Å². The van der Waals surface area contributed by atoms with Crippen molar-refractivity contribution in [1.29, 1.82) is 0 Å². The van der Waals surface area contributed by atoms with Crippen LogP contribution in [0.25, 0.3) is 17.1 Å². The molecular formula is C26H32N4O2S. The fourth-order valence-electron chi connectivity index (χ4n) is 4.33. The topological polar surface area (TPSA) is 69.0 Å². The number of benzene rings is 2. The number of para-hydroxylation sites is 1. The number of carbonyl (C=O) groups excluding carboxylic acids is 1. The van der Waals surface area contributed by atoms with Crippen molar-refractivity contribution in [2.24, 2.45) is 0 Å². The predicted octanol–water partition coefficient (Wildman–Crippen LogP) is 5.61. The Balaban J connectivity index is 1.64. The monoisotopic (exact) mass is 464 g/mol. The Morgan fingerprint density at radius 2 is 1.82 bits per heavy atom. The lowest BCUT2D eigenvalue weighted by atomic mass is 9.95. The van der Waals surface area contributed by atoms with E-state index in [0.717, 1.165) is 35.7 Å². The van der Waals surface area contributed by atoms with Gasteiger partial charge in [0.1, 0.15) is 5.75 Å². The lowest BCUT2D eigenvalue weighted by molar-refractivity contribution is -0.119. The third-order valence-electron chi connectivity index (χ3n) is 6.08. The highest BCUT2D eigenvalue weighted by Crippen LogP contribution is 2.32. The first-order valence-corrected chi connectivity index (χ1v) is 12.7. The van der Waals surface area contributed by atoms with Gasteiger partial charge in [0.15, 0.2) is 11.0 Å². The number of methoxy groups -OCH3 is 1. The van der Waals surface area contributed by atoms with Crippen molar-refractivity contribution in [1.82, 2.24) is 20.1 Å². The second-order valence-corrected chi connectivity index (χ2v) is 9.72. The maximum absolute atomic E-state index is 12.7. The zero-order chi connectivity index (χ0) is 23.2. The quantitative estimate of drug-likeness (QED) is 0.439. The minimum absolute atomic E-state index is 0.0598. The summed E-state index contributed by atoms with van der Waals surface area (Å²) in [7, 11) is 1.66. The van der Waals surface area contributed by atoms with Crippen molar-refractivity contribution >= 4 is 17.7 Å². The third kappa shape index (κ3) is 5.58. The summed E-state index contributed by atoms with van der Waals surface area (Å²) in [6.45, 7) is 4.36. The molecule has 0 spiro atoms. The Morgan fingerprint density at radius 1 is 1.09 bits per heavy atom. The van der Waals surface area contributed by atoms with E-state index in [1.54, 1.807) is 7.11 Å². The standard InChI is InChI=1S/C26H32N4O2S/c1-18(2)22-11-7-8-12-23(22)30-25(19-13-15-21(32-3)16-14-19)28-29-26(30)33-17-24(31)27-20-9-5-4-6-10-20/h7-8,11-16,18,20H,4-6,9-10,17H2,1-3H3,(H,27,31). The Kier molecular flexibility index (Phi) is 7.70. The van der Waals surface area contributed by atoms with Crippen LogP contribution in [0.2, 0.25) is 0 Å². The molecule has 0 unspecified atom stereocenters. The van der Waals surface area contributed by atoms with Crippen LogP contribution < -0.4 is 10.1 Å². The number of aromatic nitrogens is 3. The first-order valence-electron chi connectivity index (χ1n) is 11.7. The van der Waals surface area contributed by atoms with Crippen LogP contribution >= 0.6 is 11.8 Å². The van der Waals surface area contributed by atoms with Gasteiger partial charge in [-0.05, 0) is 54.7 Å². The van der Waals surface area contributed by atoms with Crippen molar-refractivity contribution in [3.8, 4) is 22.8 Å². The van der Waals surface area contributed by atoms with Crippen LogP contribution in [-0.2, 0) is 4.79 Å². The van der Waals surface area contributed by atoms with Gasteiger partial charge >= 0.3 is 0 Å². The molecule has 1 fully saturated rings. The Hall–Kier alpha value is -2.80. The van der Waals surface area contributed by atoms with Gasteiger partial charge in [0.05, 0.1) is 18.6 Å².